The summed E-state index contributed by atoms with van der Waals surface area (Å²) in [4.78, 5) is 42.3. The second-order valence-electron chi connectivity index (χ2n) is 10.3. The molecule has 2 N–H and O–H groups in total. The van der Waals surface area contributed by atoms with Crippen LogP contribution in [0.25, 0.3) is 0 Å². The van der Waals surface area contributed by atoms with Crippen LogP contribution in [0, 0.1) is 22.7 Å². The van der Waals surface area contributed by atoms with Gasteiger partial charge in [-0.15, -0.1) is 0 Å². The minimum absolute atomic E-state index is 0.0345. The molecule has 8 nitrogen and oxygen atoms in total. The average Bonchev–Trinajstić information content (AvgIpc) is 3.06. The van der Waals surface area contributed by atoms with Crippen LogP contribution in [0.3, 0.4) is 0 Å². The van der Waals surface area contributed by atoms with Gasteiger partial charge in [-0.05, 0) is 44.6 Å². The van der Waals surface area contributed by atoms with Gasteiger partial charge >= 0.3 is 5.97 Å². The molecule has 7 atom stereocenters. The minimum atomic E-state index is -1.13. The van der Waals surface area contributed by atoms with Crippen molar-refractivity contribution in [2.45, 2.75) is 65.3 Å². The van der Waals surface area contributed by atoms with Crippen molar-refractivity contribution in [1.82, 2.24) is 4.90 Å². The second-order valence-corrected chi connectivity index (χ2v) is 10.3. The van der Waals surface area contributed by atoms with Crippen molar-refractivity contribution in [3.8, 4) is 0 Å². The summed E-state index contributed by atoms with van der Waals surface area (Å²) in [5, 5.41) is 22.1. The van der Waals surface area contributed by atoms with Crippen LogP contribution in [0.4, 0.5) is 0 Å². The lowest BCUT2D eigenvalue weighted by Crippen LogP contribution is -2.62. The fraction of sp³-hybridized carbons (Fsp3) is 0.720. The summed E-state index contributed by atoms with van der Waals surface area (Å²) in [7, 11) is 1.49. The standard InChI is InChI=1S/C25H35NO7/c1-6-26(7-2)11-13-19-22(30)21(29)18-14-8-9-16(28)24(14,3)10-15(27)20(18)25(19,4)17(12-32-5)33-23(13)31/h11,14-17,19,27-28H,6-10,12H2,1-5H3/t14-,15+,16-,17+,19?,24-,25-/m0/s1. The first-order valence-electron chi connectivity index (χ1n) is 11.9. The summed E-state index contributed by atoms with van der Waals surface area (Å²) >= 11 is 0. The molecular weight excluding hydrogens is 426 g/mol. The molecule has 1 unspecified atom stereocenters. The summed E-state index contributed by atoms with van der Waals surface area (Å²) in [6.07, 6.45) is 0.464. The summed E-state index contributed by atoms with van der Waals surface area (Å²) in [6.45, 7) is 8.84. The maximum Gasteiger partial charge on any atom is 0.336 e. The lowest BCUT2D eigenvalue weighted by atomic mass is 9.50. The Balaban J connectivity index is 1.97. The molecule has 0 amide bonds. The topological polar surface area (TPSA) is 113 Å². The number of carbonyl (C=O) groups excluding carboxylic acids is 3. The van der Waals surface area contributed by atoms with Gasteiger partial charge in [0.15, 0.2) is 0 Å². The molecule has 2 fully saturated rings. The molecule has 0 radical (unpaired) electrons. The highest BCUT2D eigenvalue weighted by Gasteiger charge is 2.66. The largest absolute Gasteiger partial charge is 0.456 e. The predicted molar refractivity (Wildman–Crippen MR) is 119 cm³/mol. The Hall–Kier alpha value is -2.03. The monoisotopic (exact) mass is 461 g/mol. The number of allylic oxidation sites excluding steroid dienone is 1. The highest BCUT2D eigenvalue weighted by Crippen LogP contribution is 2.62. The van der Waals surface area contributed by atoms with E-state index < -0.39 is 52.6 Å². The number of aliphatic hydroxyl groups is 2. The molecule has 3 aliphatic carbocycles. The van der Waals surface area contributed by atoms with Gasteiger partial charge < -0.3 is 24.6 Å². The Kier molecular flexibility index (Phi) is 6.08. The fourth-order valence-corrected chi connectivity index (χ4v) is 6.83. The van der Waals surface area contributed by atoms with Gasteiger partial charge in [0.2, 0.25) is 11.6 Å². The Morgan fingerprint density at radius 1 is 1.15 bits per heavy atom. The van der Waals surface area contributed by atoms with Crippen molar-refractivity contribution >= 4 is 17.5 Å². The zero-order chi connectivity index (χ0) is 24.3. The normalized spacial score (nSPS) is 41.6. The van der Waals surface area contributed by atoms with Crippen LogP contribution in [0.2, 0.25) is 0 Å². The van der Waals surface area contributed by atoms with Gasteiger partial charge in [0, 0.05) is 42.8 Å². The van der Waals surface area contributed by atoms with E-state index in [1.807, 2.05) is 25.7 Å². The van der Waals surface area contributed by atoms with Crippen LogP contribution in [0.15, 0.2) is 22.9 Å². The molecule has 0 aromatic rings. The van der Waals surface area contributed by atoms with E-state index in [0.29, 0.717) is 37.1 Å². The van der Waals surface area contributed by atoms with Crippen molar-refractivity contribution < 1.29 is 34.1 Å². The average molecular weight is 462 g/mol. The molecule has 4 rings (SSSR count). The van der Waals surface area contributed by atoms with Crippen molar-refractivity contribution in [1.29, 1.82) is 0 Å². The van der Waals surface area contributed by atoms with Crippen LogP contribution in [0.1, 0.15) is 47.0 Å². The van der Waals surface area contributed by atoms with Crippen LogP contribution in [-0.2, 0) is 23.9 Å². The zero-order valence-corrected chi connectivity index (χ0v) is 20.1. The number of ketones is 2. The van der Waals surface area contributed by atoms with E-state index in [-0.39, 0.29) is 24.5 Å². The van der Waals surface area contributed by atoms with Crippen LogP contribution >= 0.6 is 0 Å². The molecule has 1 aliphatic heterocycles. The van der Waals surface area contributed by atoms with E-state index >= 15 is 0 Å². The van der Waals surface area contributed by atoms with Crippen molar-refractivity contribution in [3.63, 3.8) is 0 Å². The SMILES string of the molecule is CCN(C=C1C(=O)O[C@H](COC)[C@]2(C)C3=C(C(=O)C(=O)C12)[C@@H]1CC[C@H](O)[C@@]1(C)C[C@H]3O)CC. The zero-order valence-electron chi connectivity index (χ0n) is 20.1. The molecule has 1 saturated carbocycles. The van der Waals surface area contributed by atoms with Crippen LogP contribution in [0.5, 0.6) is 0 Å². The van der Waals surface area contributed by atoms with Crippen molar-refractivity contribution in [2.24, 2.45) is 22.7 Å². The van der Waals surface area contributed by atoms with Gasteiger partial charge in [-0.25, -0.2) is 4.79 Å². The molecule has 8 heteroatoms. The van der Waals surface area contributed by atoms with Gasteiger partial charge in [-0.2, -0.15) is 0 Å². The van der Waals surface area contributed by atoms with Gasteiger partial charge in [0.05, 0.1) is 30.3 Å². The van der Waals surface area contributed by atoms with Crippen molar-refractivity contribution in [2.75, 3.05) is 26.8 Å². The Morgan fingerprint density at radius 3 is 2.42 bits per heavy atom. The molecule has 1 saturated heterocycles. The molecule has 182 valence electrons. The summed E-state index contributed by atoms with van der Waals surface area (Å²) in [6, 6.07) is 0. The van der Waals surface area contributed by atoms with Crippen LogP contribution in [-0.4, -0.2) is 77.8 Å². The second kappa shape index (κ2) is 8.32. The number of hydrogen-bond donors (Lipinski definition) is 2. The Morgan fingerprint density at radius 2 is 1.82 bits per heavy atom. The fourth-order valence-electron chi connectivity index (χ4n) is 6.83. The summed E-state index contributed by atoms with van der Waals surface area (Å²) in [5.41, 5.74) is -0.867. The Bertz CT molecular complexity index is 935. The molecule has 0 aromatic carbocycles. The highest BCUT2D eigenvalue weighted by atomic mass is 16.6. The van der Waals surface area contributed by atoms with E-state index in [1.165, 1.54) is 7.11 Å². The predicted octanol–water partition coefficient (Wildman–Crippen LogP) is 1.40. The first kappa shape index (κ1) is 24.1. The number of ether oxygens (including phenoxy) is 2. The maximum absolute atomic E-state index is 13.7. The number of nitrogens with zero attached hydrogens (tertiary/aromatic N) is 1. The number of methoxy groups -OCH3 is 1. The number of aliphatic hydroxyl groups excluding tert-OH is 2. The molecular formula is C25H35NO7. The molecule has 0 aromatic heterocycles. The van der Waals surface area contributed by atoms with E-state index in [2.05, 4.69) is 0 Å². The molecule has 0 bridgehead atoms. The number of fused-ring (bicyclic) bond motifs is 4. The third-order valence-corrected chi connectivity index (χ3v) is 8.72. The van der Waals surface area contributed by atoms with Gasteiger partial charge in [-0.1, -0.05) is 13.8 Å². The smallest absolute Gasteiger partial charge is 0.336 e. The number of cyclic esters (lactones) is 1. The van der Waals surface area contributed by atoms with Gasteiger partial charge in [-0.3, -0.25) is 9.59 Å². The molecule has 33 heavy (non-hydrogen) atoms. The molecule has 0 spiro atoms. The van der Waals surface area contributed by atoms with E-state index in [1.54, 1.807) is 13.1 Å². The Labute approximate surface area is 194 Å². The number of esters is 1. The van der Waals surface area contributed by atoms with E-state index in [9.17, 15) is 24.6 Å². The lowest BCUT2D eigenvalue weighted by Gasteiger charge is -2.55. The third kappa shape index (κ3) is 3.25. The lowest BCUT2D eigenvalue weighted by molar-refractivity contribution is -0.172. The first-order chi connectivity index (χ1) is 15.6. The molecule has 4 aliphatic rings. The van der Waals surface area contributed by atoms with Gasteiger partial charge in [0.25, 0.3) is 0 Å². The number of rotatable bonds is 5. The van der Waals surface area contributed by atoms with E-state index in [4.69, 9.17) is 9.47 Å². The van der Waals surface area contributed by atoms with Gasteiger partial charge in [0.1, 0.15) is 6.10 Å². The maximum atomic E-state index is 13.7. The quantitative estimate of drug-likeness (QED) is 0.359. The summed E-state index contributed by atoms with van der Waals surface area (Å²) < 4.78 is 11.2. The van der Waals surface area contributed by atoms with Crippen LogP contribution < -0.4 is 0 Å². The highest BCUT2D eigenvalue weighted by molar-refractivity contribution is 6.46. The third-order valence-electron chi connectivity index (χ3n) is 8.72. The van der Waals surface area contributed by atoms with E-state index in [0.717, 1.165) is 0 Å². The number of Topliss-reactive ketones (excluding diaryl/α,β-unsaturated/α-hetero) is 2. The summed E-state index contributed by atoms with van der Waals surface area (Å²) in [5.74, 6) is -3.31. The molecule has 1 heterocycles. The number of hydrogen-bond acceptors (Lipinski definition) is 8. The number of carbonyl (C=O) groups is 3. The van der Waals surface area contributed by atoms with Crippen molar-refractivity contribution in [3.05, 3.63) is 22.9 Å². The first-order valence-corrected chi connectivity index (χ1v) is 11.9. The minimum Gasteiger partial charge on any atom is -0.456 e.